The first kappa shape index (κ1) is 12.0. The van der Waals surface area contributed by atoms with Crippen LogP contribution in [0.15, 0.2) is 54.6 Å². The van der Waals surface area contributed by atoms with E-state index in [4.69, 9.17) is 0 Å². The highest BCUT2D eigenvalue weighted by Crippen LogP contribution is 2.47. The molecule has 0 aromatic heterocycles. The van der Waals surface area contributed by atoms with E-state index in [0.29, 0.717) is 0 Å². The van der Waals surface area contributed by atoms with Crippen LogP contribution in [0.4, 0.5) is 5.69 Å². The Hall–Kier alpha value is -1.76. The Labute approximate surface area is 121 Å². The number of anilines is 1. The van der Waals surface area contributed by atoms with Crippen LogP contribution in [-0.4, -0.2) is 6.54 Å². The molecule has 0 amide bonds. The van der Waals surface area contributed by atoms with E-state index in [0.717, 1.165) is 18.4 Å². The van der Waals surface area contributed by atoms with Gasteiger partial charge < -0.3 is 4.90 Å². The third-order valence-corrected chi connectivity index (χ3v) is 5.01. The summed E-state index contributed by atoms with van der Waals surface area (Å²) in [6, 6.07) is 19.9. The van der Waals surface area contributed by atoms with E-state index < -0.39 is 0 Å². The molecule has 4 rings (SSSR count). The molecule has 1 saturated carbocycles. The van der Waals surface area contributed by atoms with Gasteiger partial charge in [0.2, 0.25) is 0 Å². The normalized spacial score (nSPS) is 24.3. The van der Waals surface area contributed by atoms with Gasteiger partial charge in [-0.15, -0.1) is 0 Å². The average Bonchev–Trinajstić information content (AvgIpc) is 2.97. The molecular weight excluding hydrogens is 242 g/mol. The second kappa shape index (κ2) is 4.97. The lowest BCUT2D eigenvalue weighted by atomic mass is 9.83. The number of hydrogen-bond acceptors (Lipinski definition) is 1. The van der Waals surface area contributed by atoms with Crippen molar-refractivity contribution in [3.8, 4) is 0 Å². The van der Waals surface area contributed by atoms with E-state index in [1.807, 2.05) is 0 Å². The summed E-state index contributed by atoms with van der Waals surface area (Å²) in [5.74, 6) is 1.69. The smallest absolute Gasteiger partial charge is 0.0429 e. The van der Waals surface area contributed by atoms with E-state index in [1.165, 1.54) is 37.1 Å². The Morgan fingerprint density at radius 3 is 2.60 bits per heavy atom. The molecule has 20 heavy (non-hydrogen) atoms. The van der Waals surface area contributed by atoms with Gasteiger partial charge in [-0.2, -0.15) is 0 Å². The molecule has 0 unspecified atom stereocenters. The third kappa shape index (κ3) is 2.02. The molecule has 0 saturated heterocycles. The van der Waals surface area contributed by atoms with Gasteiger partial charge >= 0.3 is 0 Å². The Morgan fingerprint density at radius 2 is 1.70 bits per heavy atom. The second-order valence-corrected chi connectivity index (χ2v) is 6.22. The average molecular weight is 263 g/mol. The lowest BCUT2D eigenvalue weighted by Crippen LogP contribution is -2.35. The van der Waals surface area contributed by atoms with Crippen molar-refractivity contribution < 1.29 is 0 Å². The predicted molar refractivity (Wildman–Crippen MR) is 84.0 cm³/mol. The highest BCUT2D eigenvalue weighted by molar-refractivity contribution is 5.58. The first-order valence-corrected chi connectivity index (χ1v) is 7.79. The van der Waals surface area contributed by atoms with Gasteiger partial charge in [0.1, 0.15) is 0 Å². The van der Waals surface area contributed by atoms with Gasteiger partial charge in [-0.1, -0.05) is 55.0 Å². The zero-order chi connectivity index (χ0) is 13.4. The number of fused-ring (bicyclic) bond motifs is 3. The molecule has 2 atom stereocenters. The Morgan fingerprint density at radius 1 is 0.900 bits per heavy atom. The second-order valence-electron chi connectivity index (χ2n) is 6.22. The fourth-order valence-corrected chi connectivity index (χ4v) is 4.09. The standard InChI is InChI=1S/C19H21N/c1-2-7-15(8-3-1)13-20-14-16-9-6-11-17(16)18-10-4-5-12-19(18)20/h1-5,7-8,10,12,16-17H,6,9,11,13-14H2/t16-,17+/m0/s1. The first-order valence-electron chi connectivity index (χ1n) is 7.79. The van der Waals surface area contributed by atoms with Crippen LogP contribution < -0.4 is 4.90 Å². The Balaban J connectivity index is 1.68. The van der Waals surface area contributed by atoms with E-state index in [2.05, 4.69) is 59.5 Å². The molecule has 0 N–H and O–H groups in total. The quantitative estimate of drug-likeness (QED) is 0.766. The number of para-hydroxylation sites is 1. The number of hydrogen-bond donors (Lipinski definition) is 0. The summed E-state index contributed by atoms with van der Waals surface area (Å²) in [4.78, 5) is 2.59. The van der Waals surface area contributed by atoms with Crippen LogP contribution >= 0.6 is 0 Å². The molecule has 0 bridgehead atoms. The zero-order valence-electron chi connectivity index (χ0n) is 11.8. The molecule has 1 nitrogen and oxygen atoms in total. The minimum absolute atomic E-state index is 0.818. The lowest BCUT2D eigenvalue weighted by molar-refractivity contribution is 0.452. The number of benzene rings is 2. The molecular formula is C19H21N. The molecule has 1 heterocycles. The largest absolute Gasteiger partial charge is 0.367 e. The fraction of sp³-hybridized carbons (Fsp3) is 0.368. The highest BCUT2D eigenvalue weighted by atomic mass is 15.1. The van der Waals surface area contributed by atoms with Crippen molar-refractivity contribution in [3.63, 3.8) is 0 Å². The van der Waals surface area contributed by atoms with Crippen LogP contribution in [0.2, 0.25) is 0 Å². The third-order valence-electron chi connectivity index (χ3n) is 5.01. The summed E-state index contributed by atoms with van der Waals surface area (Å²) >= 11 is 0. The number of nitrogens with zero attached hydrogens (tertiary/aromatic N) is 1. The molecule has 1 aliphatic carbocycles. The van der Waals surface area contributed by atoms with E-state index >= 15 is 0 Å². The predicted octanol–water partition coefficient (Wildman–Crippen LogP) is 4.59. The molecule has 0 radical (unpaired) electrons. The molecule has 2 aliphatic rings. The van der Waals surface area contributed by atoms with Crippen molar-refractivity contribution >= 4 is 5.69 Å². The summed E-state index contributed by atoms with van der Waals surface area (Å²) in [6.45, 7) is 2.28. The van der Waals surface area contributed by atoms with Crippen molar-refractivity contribution in [3.05, 3.63) is 65.7 Å². The van der Waals surface area contributed by atoms with Gasteiger partial charge in [0.05, 0.1) is 0 Å². The fourth-order valence-electron chi connectivity index (χ4n) is 4.09. The van der Waals surface area contributed by atoms with Gasteiger partial charge in [-0.25, -0.2) is 0 Å². The molecule has 102 valence electrons. The molecule has 2 aromatic carbocycles. The van der Waals surface area contributed by atoms with Crippen molar-refractivity contribution in [2.24, 2.45) is 5.92 Å². The van der Waals surface area contributed by atoms with Crippen molar-refractivity contribution in [1.82, 2.24) is 0 Å². The van der Waals surface area contributed by atoms with Gasteiger partial charge in [0.15, 0.2) is 0 Å². The topological polar surface area (TPSA) is 3.24 Å². The summed E-state index contributed by atoms with van der Waals surface area (Å²) in [7, 11) is 0. The van der Waals surface area contributed by atoms with Gasteiger partial charge in [-0.3, -0.25) is 0 Å². The van der Waals surface area contributed by atoms with E-state index in [1.54, 1.807) is 5.56 Å². The molecule has 1 fully saturated rings. The number of rotatable bonds is 2. The maximum atomic E-state index is 2.59. The maximum absolute atomic E-state index is 2.59. The minimum Gasteiger partial charge on any atom is -0.367 e. The van der Waals surface area contributed by atoms with Gasteiger partial charge in [0, 0.05) is 18.8 Å². The van der Waals surface area contributed by atoms with E-state index in [-0.39, 0.29) is 0 Å². The highest BCUT2D eigenvalue weighted by Gasteiger charge is 2.36. The minimum atomic E-state index is 0.818. The van der Waals surface area contributed by atoms with Crippen LogP contribution in [0.25, 0.3) is 0 Å². The summed E-state index contributed by atoms with van der Waals surface area (Å²) < 4.78 is 0. The van der Waals surface area contributed by atoms with Crippen LogP contribution in [0.3, 0.4) is 0 Å². The summed E-state index contributed by atoms with van der Waals surface area (Å²) in [6.07, 6.45) is 4.20. The summed E-state index contributed by atoms with van der Waals surface area (Å²) in [5.41, 5.74) is 4.48. The van der Waals surface area contributed by atoms with Gasteiger partial charge in [-0.05, 0) is 41.9 Å². The monoisotopic (exact) mass is 263 g/mol. The molecule has 0 spiro atoms. The summed E-state index contributed by atoms with van der Waals surface area (Å²) in [5, 5.41) is 0. The molecule has 1 heteroatoms. The van der Waals surface area contributed by atoms with Crippen molar-refractivity contribution in [2.45, 2.75) is 31.7 Å². The van der Waals surface area contributed by atoms with Gasteiger partial charge in [0.25, 0.3) is 0 Å². The Kier molecular flexibility index (Phi) is 2.99. The molecule has 2 aromatic rings. The van der Waals surface area contributed by atoms with Crippen LogP contribution in [-0.2, 0) is 6.54 Å². The lowest BCUT2D eigenvalue weighted by Gasteiger charge is -2.38. The SMILES string of the molecule is c1ccc(CN2C[C@@H]3CCC[C@H]3c3ccccc32)cc1. The van der Waals surface area contributed by atoms with Crippen molar-refractivity contribution in [1.29, 1.82) is 0 Å². The van der Waals surface area contributed by atoms with E-state index in [9.17, 15) is 0 Å². The van der Waals surface area contributed by atoms with Crippen molar-refractivity contribution in [2.75, 3.05) is 11.4 Å². The van der Waals surface area contributed by atoms with Crippen LogP contribution in [0.1, 0.15) is 36.3 Å². The maximum Gasteiger partial charge on any atom is 0.0429 e. The first-order chi connectivity index (χ1) is 9.92. The molecule has 1 aliphatic heterocycles. The zero-order valence-corrected chi connectivity index (χ0v) is 11.8. The Bertz CT molecular complexity index is 590. The van der Waals surface area contributed by atoms with Crippen LogP contribution in [0, 0.1) is 5.92 Å². The van der Waals surface area contributed by atoms with Crippen LogP contribution in [0.5, 0.6) is 0 Å².